The van der Waals surface area contributed by atoms with Gasteiger partial charge >= 0.3 is 17.9 Å². The highest BCUT2D eigenvalue weighted by molar-refractivity contribution is 8.01. The molecule has 0 radical (unpaired) electrons. The van der Waals surface area contributed by atoms with E-state index in [1.165, 1.54) is 27.0 Å². The summed E-state index contributed by atoms with van der Waals surface area (Å²) >= 11 is 1.06. The van der Waals surface area contributed by atoms with Crippen LogP contribution in [0.25, 0.3) is 0 Å². The number of methoxy groups -OCH3 is 1. The summed E-state index contributed by atoms with van der Waals surface area (Å²) in [4.78, 5) is 33.4. The molecule has 0 N–H and O–H groups in total. The molecule has 0 saturated heterocycles. The lowest BCUT2D eigenvalue weighted by Gasteiger charge is -2.28. The van der Waals surface area contributed by atoms with Crippen molar-refractivity contribution < 1.29 is 28.6 Å². The Bertz CT molecular complexity index is 378. The van der Waals surface area contributed by atoms with Gasteiger partial charge in [0.05, 0.1) is 7.11 Å². The Morgan fingerprint density at radius 3 is 2.17 bits per heavy atom. The van der Waals surface area contributed by atoms with Crippen LogP contribution in [0.1, 0.15) is 13.8 Å². The van der Waals surface area contributed by atoms with Crippen molar-refractivity contribution in [3.63, 3.8) is 0 Å². The second kappa shape index (κ2) is 6.44. The van der Waals surface area contributed by atoms with Gasteiger partial charge in [0.15, 0.2) is 5.44 Å². The van der Waals surface area contributed by atoms with E-state index in [2.05, 4.69) is 4.74 Å². The molecule has 0 amide bonds. The van der Waals surface area contributed by atoms with E-state index in [1.54, 1.807) is 6.08 Å². The van der Waals surface area contributed by atoms with Crippen molar-refractivity contribution in [1.82, 2.24) is 0 Å². The van der Waals surface area contributed by atoms with Gasteiger partial charge in [-0.1, -0.05) is 11.8 Å². The fourth-order valence-corrected chi connectivity index (χ4v) is 2.57. The van der Waals surface area contributed by atoms with Crippen LogP contribution in [0.4, 0.5) is 0 Å². The maximum absolute atomic E-state index is 11.6. The van der Waals surface area contributed by atoms with E-state index >= 15 is 0 Å². The lowest BCUT2D eigenvalue weighted by molar-refractivity contribution is -0.150. The van der Waals surface area contributed by atoms with Gasteiger partial charge in [-0.05, 0) is 12.2 Å². The topological polar surface area (TPSA) is 78.9 Å². The first-order valence-electron chi connectivity index (χ1n) is 5.20. The predicted octanol–water partition coefficient (Wildman–Crippen LogP) is 0.652. The van der Waals surface area contributed by atoms with E-state index in [0.29, 0.717) is 0 Å². The second-order valence-electron chi connectivity index (χ2n) is 3.52. The second-order valence-corrected chi connectivity index (χ2v) is 4.76. The molecular weight excluding hydrogens is 260 g/mol. The van der Waals surface area contributed by atoms with Crippen LogP contribution in [-0.4, -0.2) is 41.8 Å². The smallest absolute Gasteiger partial charge is 0.323 e. The normalized spacial score (nSPS) is 26.3. The standard InChI is InChI=1S/C11H14O6S/c1-6(12)16-8-4-5-9(17-7(2)13)18-10(8)11(14)15-3/h4-5,8-10H,1-3H3. The summed E-state index contributed by atoms with van der Waals surface area (Å²) in [7, 11) is 1.24. The summed E-state index contributed by atoms with van der Waals surface area (Å²) < 4.78 is 14.6. The van der Waals surface area contributed by atoms with Gasteiger partial charge in [-0.25, -0.2) is 0 Å². The van der Waals surface area contributed by atoms with Gasteiger partial charge in [0.2, 0.25) is 0 Å². The van der Waals surface area contributed by atoms with E-state index in [0.717, 1.165) is 11.8 Å². The molecule has 1 rings (SSSR count). The van der Waals surface area contributed by atoms with E-state index in [9.17, 15) is 14.4 Å². The van der Waals surface area contributed by atoms with Gasteiger partial charge in [-0.3, -0.25) is 14.4 Å². The third-order valence-electron chi connectivity index (χ3n) is 2.05. The molecule has 0 aromatic rings. The van der Waals surface area contributed by atoms with Crippen LogP contribution in [0.3, 0.4) is 0 Å². The fraction of sp³-hybridized carbons (Fsp3) is 0.545. The minimum Gasteiger partial charge on any atom is -0.468 e. The predicted molar refractivity (Wildman–Crippen MR) is 63.6 cm³/mol. The Labute approximate surface area is 109 Å². The summed E-state index contributed by atoms with van der Waals surface area (Å²) in [6.07, 6.45) is 2.37. The molecule has 1 aliphatic heterocycles. The van der Waals surface area contributed by atoms with E-state index < -0.39 is 34.7 Å². The van der Waals surface area contributed by atoms with Crippen molar-refractivity contribution in [2.24, 2.45) is 0 Å². The number of carbonyl (C=O) groups excluding carboxylic acids is 3. The van der Waals surface area contributed by atoms with Crippen LogP contribution in [-0.2, 0) is 28.6 Å². The zero-order valence-corrected chi connectivity index (χ0v) is 11.1. The highest BCUT2D eigenvalue weighted by Crippen LogP contribution is 2.30. The molecule has 18 heavy (non-hydrogen) atoms. The Kier molecular flexibility index (Phi) is 5.21. The van der Waals surface area contributed by atoms with Crippen molar-refractivity contribution in [3.05, 3.63) is 12.2 Å². The van der Waals surface area contributed by atoms with Crippen molar-refractivity contribution in [3.8, 4) is 0 Å². The zero-order chi connectivity index (χ0) is 13.7. The van der Waals surface area contributed by atoms with Crippen LogP contribution >= 0.6 is 11.8 Å². The molecule has 0 bridgehead atoms. The number of esters is 3. The Morgan fingerprint density at radius 1 is 1.06 bits per heavy atom. The molecule has 3 unspecified atom stereocenters. The quantitative estimate of drug-likeness (QED) is 0.425. The molecule has 7 heteroatoms. The molecule has 100 valence electrons. The maximum atomic E-state index is 11.6. The summed E-state index contributed by atoms with van der Waals surface area (Å²) in [5.41, 5.74) is -0.585. The Morgan fingerprint density at radius 2 is 1.67 bits per heavy atom. The van der Waals surface area contributed by atoms with Crippen molar-refractivity contribution >= 4 is 29.7 Å². The molecule has 3 atom stereocenters. The summed E-state index contributed by atoms with van der Waals surface area (Å²) in [6, 6.07) is 0. The van der Waals surface area contributed by atoms with Gasteiger partial charge in [-0.2, -0.15) is 0 Å². The molecule has 0 fully saturated rings. The van der Waals surface area contributed by atoms with Gasteiger partial charge < -0.3 is 14.2 Å². The van der Waals surface area contributed by atoms with Crippen molar-refractivity contribution in [1.29, 1.82) is 0 Å². The zero-order valence-electron chi connectivity index (χ0n) is 10.2. The van der Waals surface area contributed by atoms with Crippen molar-refractivity contribution in [2.75, 3.05) is 7.11 Å². The van der Waals surface area contributed by atoms with E-state index in [1.807, 2.05) is 0 Å². The molecule has 0 aromatic heterocycles. The number of thioether (sulfide) groups is 1. The fourth-order valence-electron chi connectivity index (χ4n) is 1.40. The van der Waals surface area contributed by atoms with E-state index in [4.69, 9.17) is 9.47 Å². The van der Waals surface area contributed by atoms with Crippen molar-refractivity contribution in [2.45, 2.75) is 30.6 Å². The number of hydrogen-bond acceptors (Lipinski definition) is 7. The number of carbonyl (C=O) groups is 3. The van der Waals surface area contributed by atoms with Gasteiger partial charge in [-0.15, -0.1) is 0 Å². The van der Waals surface area contributed by atoms with Crippen LogP contribution in [0.2, 0.25) is 0 Å². The first-order valence-corrected chi connectivity index (χ1v) is 6.14. The summed E-state index contributed by atoms with van der Waals surface area (Å²) in [5, 5.41) is -0.742. The highest BCUT2D eigenvalue weighted by atomic mass is 32.2. The molecule has 1 aliphatic rings. The maximum Gasteiger partial charge on any atom is 0.323 e. The molecule has 1 heterocycles. The Hall–Kier alpha value is -1.50. The average molecular weight is 274 g/mol. The van der Waals surface area contributed by atoms with Gasteiger partial charge in [0, 0.05) is 13.8 Å². The molecule has 0 aliphatic carbocycles. The van der Waals surface area contributed by atoms with Crippen LogP contribution in [0, 0.1) is 0 Å². The first-order chi connectivity index (χ1) is 8.43. The lowest BCUT2D eigenvalue weighted by atomic mass is 10.2. The van der Waals surface area contributed by atoms with Crippen LogP contribution in [0.15, 0.2) is 12.2 Å². The third kappa shape index (κ3) is 4.06. The molecular formula is C11H14O6S. The SMILES string of the molecule is COC(=O)C1SC(OC(C)=O)C=CC1OC(C)=O. The number of hydrogen-bond donors (Lipinski definition) is 0. The highest BCUT2D eigenvalue weighted by Gasteiger charge is 2.36. The molecule has 0 aromatic carbocycles. The van der Waals surface area contributed by atoms with E-state index in [-0.39, 0.29) is 0 Å². The lowest BCUT2D eigenvalue weighted by Crippen LogP contribution is -2.38. The monoisotopic (exact) mass is 274 g/mol. The van der Waals surface area contributed by atoms with Crippen LogP contribution < -0.4 is 0 Å². The molecule has 6 nitrogen and oxygen atoms in total. The Balaban J connectivity index is 2.80. The minimum absolute atomic E-state index is 0.452. The van der Waals surface area contributed by atoms with Gasteiger partial charge in [0.1, 0.15) is 11.4 Å². The minimum atomic E-state index is -0.742. The summed E-state index contributed by atoms with van der Waals surface area (Å²) in [5.74, 6) is -1.48. The number of rotatable bonds is 3. The average Bonchev–Trinajstić information content (AvgIpc) is 2.28. The first kappa shape index (κ1) is 14.6. The van der Waals surface area contributed by atoms with Crippen LogP contribution in [0.5, 0.6) is 0 Å². The van der Waals surface area contributed by atoms with Gasteiger partial charge in [0.25, 0.3) is 0 Å². The summed E-state index contributed by atoms with van der Waals surface area (Å²) in [6.45, 7) is 2.53. The number of ether oxygens (including phenoxy) is 3. The molecule has 0 spiro atoms. The molecule has 0 saturated carbocycles. The third-order valence-corrected chi connectivity index (χ3v) is 3.33. The largest absolute Gasteiger partial charge is 0.468 e.